The number of carbonyl (C=O) groups is 2. The summed E-state index contributed by atoms with van der Waals surface area (Å²) in [5.74, 6) is 0.219. The number of nitrogens with one attached hydrogen (secondary N) is 2. The molecule has 0 aliphatic carbocycles. The minimum absolute atomic E-state index is 0. The number of H-pyrrole nitrogens is 1. The van der Waals surface area contributed by atoms with Crippen LogP contribution in [0.4, 0.5) is 0 Å². The lowest BCUT2D eigenvalue weighted by molar-refractivity contribution is -0.138. The number of benzene rings is 2. The van der Waals surface area contributed by atoms with Crippen molar-refractivity contribution in [3.05, 3.63) is 71.9 Å². The molecule has 1 aliphatic rings. The Kier molecular flexibility index (Phi) is 8.39. The summed E-state index contributed by atoms with van der Waals surface area (Å²) in [6.07, 6.45) is 5.33. The zero-order chi connectivity index (χ0) is 23.4. The number of aromatic amines is 1. The van der Waals surface area contributed by atoms with Crippen LogP contribution < -0.4 is 11.1 Å². The maximum atomic E-state index is 13.5. The Morgan fingerprint density at radius 1 is 1.09 bits per heavy atom. The molecule has 2 heterocycles. The molecule has 6 nitrogen and oxygen atoms in total. The summed E-state index contributed by atoms with van der Waals surface area (Å²) in [6, 6.07) is 17.9. The molecule has 0 spiro atoms. The smallest absolute Gasteiger partial charge is 0.245 e. The second-order valence-corrected chi connectivity index (χ2v) is 9.77. The number of hydrogen-bond donors (Lipinski definition) is 3. The van der Waals surface area contributed by atoms with Crippen LogP contribution in [0.3, 0.4) is 0 Å². The lowest BCUT2D eigenvalue weighted by Gasteiger charge is -2.35. The molecule has 34 heavy (non-hydrogen) atoms. The van der Waals surface area contributed by atoms with Crippen molar-refractivity contribution >= 4 is 35.1 Å². The van der Waals surface area contributed by atoms with Gasteiger partial charge in [0, 0.05) is 36.6 Å². The van der Waals surface area contributed by atoms with E-state index in [2.05, 4.69) is 34.6 Å². The van der Waals surface area contributed by atoms with Crippen molar-refractivity contribution in [1.29, 1.82) is 0 Å². The van der Waals surface area contributed by atoms with E-state index in [1.165, 1.54) is 5.56 Å². The maximum Gasteiger partial charge on any atom is 0.245 e. The van der Waals surface area contributed by atoms with Crippen molar-refractivity contribution in [3.63, 3.8) is 0 Å². The number of amides is 2. The predicted octanol–water partition coefficient (Wildman–Crippen LogP) is 3.84. The summed E-state index contributed by atoms with van der Waals surface area (Å²) in [5.41, 5.74) is 8.34. The van der Waals surface area contributed by atoms with Gasteiger partial charge in [-0.1, -0.05) is 48.5 Å². The highest BCUT2D eigenvalue weighted by molar-refractivity contribution is 5.92. The molecule has 1 atom stereocenters. The van der Waals surface area contributed by atoms with Crippen LogP contribution in [0.1, 0.15) is 37.8 Å². The van der Waals surface area contributed by atoms with Crippen molar-refractivity contribution < 1.29 is 9.59 Å². The Labute approximate surface area is 207 Å². The van der Waals surface area contributed by atoms with E-state index in [4.69, 9.17) is 5.73 Å². The lowest BCUT2D eigenvalue weighted by atomic mass is 9.89. The number of halogens is 1. The first-order valence-corrected chi connectivity index (χ1v) is 11.8. The Morgan fingerprint density at radius 2 is 1.74 bits per heavy atom. The SMILES string of the molecule is CC(C)(N)C(=O)N[C@H](Cc1c[nH]c2ccccc12)C(=O)N1CCC(Cc2ccccc2)CC1.Cl. The van der Waals surface area contributed by atoms with Crippen molar-refractivity contribution in [2.45, 2.75) is 51.1 Å². The van der Waals surface area contributed by atoms with Gasteiger partial charge in [0.1, 0.15) is 6.04 Å². The number of hydrogen-bond acceptors (Lipinski definition) is 3. The average molecular weight is 483 g/mol. The van der Waals surface area contributed by atoms with Gasteiger partial charge in [-0.25, -0.2) is 0 Å². The number of nitrogens with zero attached hydrogens (tertiary/aromatic N) is 1. The lowest BCUT2D eigenvalue weighted by Crippen LogP contribution is -2.57. The van der Waals surface area contributed by atoms with Gasteiger partial charge in [0.2, 0.25) is 11.8 Å². The second kappa shape index (κ2) is 11.1. The molecular weight excluding hydrogens is 448 g/mol. The number of fused-ring (bicyclic) bond motifs is 1. The van der Waals surface area contributed by atoms with Crippen molar-refractivity contribution in [1.82, 2.24) is 15.2 Å². The molecule has 1 saturated heterocycles. The van der Waals surface area contributed by atoms with E-state index in [0.717, 1.165) is 35.7 Å². The minimum atomic E-state index is -1.05. The van der Waals surface area contributed by atoms with Gasteiger partial charge in [-0.2, -0.15) is 0 Å². The predicted molar refractivity (Wildman–Crippen MR) is 139 cm³/mol. The highest BCUT2D eigenvalue weighted by atomic mass is 35.5. The zero-order valence-corrected chi connectivity index (χ0v) is 20.7. The van der Waals surface area contributed by atoms with E-state index in [9.17, 15) is 9.59 Å². The Hall–Kier alpha value is -2.83. The van der Waals surface area contributed by atoms with Crippen LogP contribution in [0, 0.1) is 5.92 Å². The number of nitrogens with two attached hydrogens (primary N) is 1. The molecule has 0 radical (unpaired) electrons. The highest BCUT2D eigenvalue weighted by Crippen LogP contribution is 2.24. The quantitative estimate of drug-likeness (QED) is 0.478. The molecule has 1 aromatic heterocycles. The Bertz CT molecular complexity index is 1100. The number of aromatic nitrogens is 1. The first-order valence-electron chi connectivity index (χ1n) is 11.8. The van der Waals surface area contributed by atoms with Crippen LogP contribution in [0.15, 0.2) is 60.8 Å². The monoisotopic (exact) mass is 482 g/mol. The molecule has 1 aliphatic heterocycles. The third-order valence-corrected chi connectivity index (χ3v) is 6.58. The van der Waals surface area contributed by atoms with Crippen LogP contribution >= 0.6 is 12.4 Å². The molecule has 4 rings (SSSR count). The molecule has 1 fully saturated rings. The average Bonchev–Trinajstić information content (AvgIpc) is 3.21. The van der Waals surface area contributed by atoms with Gasteiger partial charge in [-0.05, 0) is 56.2 Å². The normalized spacial score (nSPS) is 15.6. The zero-order valence-electron chi connectivity index (χ0n) is 19.9. The van der Waals surface area contributed by atoms with Crippen LogP contribution in [-0.2, 0) is 22.4 Å². The van der Waals surface area contributed by atoms with Gasteiger partial charge in [-0.3, -0.25) is 9.59 Å². The molecule has 2 amide bonds. The van der Waals surface area contributed by atoms with Crippen LogP contribution in [0.5, 0.6) is 0 Å². The molecule has 182 valence electrons. The summed E-state index contributed by atoms with van der Waals surface area (Å²) in [4.78, 5) is 31.4. The van der Waals surface area contributed by atoms with Crippen LogP contribution in [0.2, 0.25) is 0 Å². The number of piperidine rings is 1. The fourth-order valence-electron chi connectivity index (χ4n) is 4.59. The van der Waals surface area contributed by atoms with Gasteiger partial charge >= 0.3 is 0 Å². The molecule has 2 aromatic carbocycles. The van der Waals surface area contributed by atoms with E-state index < -0.39 is 11.6 Å². The third kappa shape index (κ3) is 6.19. The van der Waals surface area contributed by atoms with Crippen LogP contribution in [-0.4, -0.2) is 46.4 Å². The van der Waals surface area contributed by atoms with E-state index in [1.54, 1.807) is 13.8 Å². The van der Waals surface area contributed by atoms with Crippen LogP contribution in [0.25, 0.3) is 10.9 Å². The number of carbonyl (C=O) groups excluding carboxylic acids is 2. The van der Waals surface area contributed by atoms with E-state index in [0.29, 0.717) is 25.4 Å². The summed E-state index contributed by atoms with van der Waals surface area (Å²) in [6.45, 7) is 4.74. The molecule has 4 N–H and O–H groups in total. The van der Waals surface area contributed by atoms with Crippen molar-refractivity contribution in [2.24, 2.45) is 11.7 Å². The van der Waals surface area contributed by atoms with Gasteiger partial charge in [-0.15, -0.1) is 12.4 Å². The number of likely N-dealkylation sites (tertiary alicyclic amines) is 1. The van der Waals surface area contributed by atoms with Gasteiger partial charge in [0.05, 0.1) is 5.54 Å². The highest BCUT2D eigenvalue weighted by Gasteiger charge is 2.33. The van der Waals surface area contributed by atoms with Crippen molar-refractivity contribution in [3.8, 4) is 0 Å². The number of para-hydroxylation sites is 1. The van der Waals surface area contributed by atoms with E-state index in [-0.39, 0.29) is 24.2 Å². The summed E-state index contributed by atoms with van der Waals surface area (Å²) in [5, 5.41) is 4.01. The number of rotatable bonds is 7. The van der Waals surface area contributed by atoms with E-state index >= 15 is 0 Å². The maximum absolute atomic E-state index is 13.5. The topological polar surface area (TPSA) is 91.2 Å². The van der Waals surface area contributed by atoms with Gasteiger partial charge < -0.3 is 20.9 Å². The Morgan fingerprint density at radius 3 is 2.41 bits per heavy atom. The fourth-order valence-corrected chi connectivity index (χ4v) is 4.59. The van der Waals surface area contributed by atoms with Crippen molar-refractivity contribution in [2.75, 3.05) is 13.1 Å². The molecule has 0 saturated carbocycles. The fraction of sp³-hybridized carbons (Fsp3) is 0.407. The summed E-state index contributed by atoms with van der Waals surface area (Å²) in [7, 11) is 0. The largest absolute Gasteiger partial charge is 0.361 e. The molecule has 0 bridgehead atoms. The second-order valence-electron chi connectivity index (χ2n) is 9.77. The Balaban J connectivity index is 0.00000324. The molecule has 7 heteroatoms. The van der Waals surface area contributed by atoms with Gasteiger partial charge in [0.25, 0.3) is 0 Å². The molecule has 3 aromatic rings. The first kappa shape index (κ1) is 25.8. The first-order chi connectivity index (χ1) is 15.8. The molecule has 0 unspecified atom stereocenters. The van der Waals surface area contributed by atoms with Gasteiger partial charge in [0.15, 0.2) is 0 Å². The standard InChI is InChI=1S/C27H34N4O2.ClH/c1-27(2,28)26(33)30-24(17-21-18-29-23-11-7-6-10-22(21)23)25(32)31-14-12-20(13-15-31)16-19-8-4-3-5-9-19;/h3-11,18,20,24,29H,12-17,28H2,1-2H3,(H,30,33);1H/t24-;/m1./s1. The summed E-state index contributed by atoms with van der Waals surface area (Å²) < 4.78 is 0. The summed E-state index contributed by atoms with van der Waals surface area (Å²) >= 11 is 0. The molecular formula is C27H35ClN4O2. The van der Waals surface area contributed by atoms with E-state index in [1.807, 2.05) is 41.4 Å². The third-order valence-electron chi connectivity index (χ3n) is 6.58. The minimum Gasteiger partial charge on any atom is -0.361 e.